The highest BCUT2D eigenvalue weighted by Crippen LogP contribution is 2.39. The Kier molecular flexibility index (Phi) is 5.19. The van der Waals surface area contributed by atoms with Crippen molar-refractivity contribution in [3.05, 3.63) is 29.8 Å². The third-order valence-corrected chi connectivity index (χ3v) is 4.73. The van der Waals surface area contributed by atoms with Gasteiger partial charge in [-0.05, 0) is 31.7 Å². The summed E-state index contributed by atoms with van der Waals surface area (Å²) < 4.78 is 5.41. The van der Waals surface area contributed by atoms with Crippen molar-refractivity contribution in [2.45, 2.75) is 44.6 Å². The number of carbonyl (C=O) groups excluding carboxylic acids is 1. The van der Waals surface area contributed by atoms with Crippen LogP contribution in [0.5, 0.6) is 5.75 Å². The molecule has 2 rings (SSSR count). The Morgan fingerprint density at radius 3 is 2.52 bits per heavy atom. The van der Waals surface area contributed by atoms with Crippen molar-refractivity contribution in [3.63, 3.8) is 0 Å². The first-order chi connectivity index (χ1) is 10.8. The summed E-state index contributed by atoms with van der Waals surface area (Å²) in [4.78, 5) is 12.2. The molecule has 1 fully saturated rings. The van der Waals surface area contributed by atoms with Crippen LogP contribution >= 0.6 is 0 Å². The third-order valence-electron chi connectivity index (χ3n) is 4.73. The van der Waals surface area contributed by atoms with Crippen LogP contribution in [0.1, 0.15) is 39.2 Å². The van der Waals surface area contributed by atoms with Crippen molar-refractivity contribution in [2.24, 2.45) is 5.92 Å². The number of amides is 2. The van der Waals surface area contributed by atoms with Gasteiger partial charge in [-0.15, -0.1) is 0 Å². The van der Waals surface area contributed by atoms with Crippen LogP contribution in [-0.2, 0) is 5.41 Å². The standard InChI is InChI=1S/C18H28N2O3/c1-17(2,14-7-5-6-8-15(14)23-4)11-19-16(22)20-18(3,12-21)13-9-10-13/h5-8,13,21H,9-12H2,1-4H3,(H2,19,20,22)/t18-/m0/s1. The van der Waals surface area contributed by atoms with Gasteiger partial charge in [0.05, 0.1) is 19.3 Å². The number of aliphatic hydroxyl groups excluding tert-OH is 1. The molecule has 5 heteroatoms. The van der Waals surface area contributed by atoms with Crippen molar-refractivity contribution in [1.82, 2.24) is 10.6 Å². The van der Waals surface area contributed by atoms with E-state index in [4.69, 9.17) is 4.74 Å². The van der Waals surface area contributed by atoms with Crippen LogP contribution in [0, 0.1) is 5.92 Å². The predicted molar refractivity (Wildman–Crippen MR) is 90.8 cm³/mol. The zero-order valence-electron chi connectivity index (χ0n) is 14.5. The number of aliphatic hydroxyl groups is 1. The number of urea groups is 1. The maximum Gasteiger partial charge on any atom is 0.315 e. The molecule has 1 atom stereocenters. The Bertz CT molecular complexity index is 555. The maximum atomic E-state index is 12.2. The number of ether oxygens (including phenoxy) is 1. The van der Waals surface area contributed by atoms with Crippen LogP contribution in [0.3, 0.4) is 0 Å². The van der Waals surface area contributed by atoms with Crippen LogP contribution in [0.15, 0.2) is 24.3 Å². The topological polar surface area (TPSA) is 70.6 Å². The Balaban J connectivity index is 1.97. The van der Waals surface area contributed by atoms with Gasteiger partial charge in [-0.2, -0.15) is 0 Å². The molecule has 3 N–H and O–H groups in total. The lowest BCUT2D eigenvalue weighted by atomic mass is 9.84. The molecular weight excluding hydrogens is 292 g/mol. The molecule has 2 amide bonds. The summed E-state index contributed by atoms with van der Waals surface area (Å²) in [5.74, 6) is 1.19. The molecule has 128 valence electrons. The summed E-state index contributed by atoms with van der Waals surface area (Å²) >= 11 is 0. The molecule has 0 heterocycles. The average molecular weight is 320 g/mol. The lowest BCUT2D eigenvalue weighted by molar-refractivity contribution is 0.154. The van der Waals surface area contributed by atoms with Crippen molar-refractivity contribution >= 4 is 6.03 Å². The van der Waals surface area contributed by atoms with E-state index in [1.165, 1.54) is 0 Å². The van der Waals surface area contributed by atoms with E-state index in [0.717, 1.165) is 24.2 Å². The maximum absolute atomic E-state index is 12.2. The number of para-hydroxylation sites is 1. The monoisotopic (exact) mass is 320 g/mol. The van der Waals surface area contributed by atoms with Crippen molar-refractivity contribution in [1.29, 1.82) is 0 Å². The first kappa shape index (κ1) is 17.6. The molecule has 1 aliphatic rings. The smallest absolute Gasteiger partial charge is 0.315 e. The van der Waals surface area contributed by atoms with Crippen molar-refractivity contribution in [2.75, 3.05) is 20.3 Å². The number of benzene rings is 1. The Labute approximate surface area is 138 Å². The number of hydrogen-bond acceptors (Lipinski definition) is 3. The molecule has 0 radical (unpaired) electrons. The zero-order valence-corrected chi connectivity index (χ0v) is 14.5. The fourth-order valence-corrected chi connectivity index (χ4v) is 2.89. The molecule has 5 nitrogen and oxygen atoms in total. The van der Waals surface area contributed by atoms with Crippen LogP contribution in [0.4, 0.5) is 4.79 Å². The normalized spacial score (nSPS) is 17.3. The molecular formula is C18H28N2O3. The summed E-state index contributed by atoms with van der Waals surface area (Å²) in [5, 5.41) is 15.4. The molecule has 0 spiro atoms. The van der Waals surface area contributed by atoms with Gasteiger partial charge in [0.2, 0.25) is 0 Å². The lowest BCUT2D eigenvalue weighted by Gasteiger charge is -2.31. The quantitative estimate of drug-likeness (QED) is 0.722. The minimum absolute atomic E-state index is 0.0407. The SMILES string of the molecule is COc1ccccc1C(C)(C)CNC(=O)N[C@@](C)(CO)C1CC1. The Morgan fingerprint density at radius 2 is 1.96 bits per heavy atom. The predicted octanol–water partition coefficient (Wildman–Crippen LogP) is 2.43. The number of nitrogens with one attached hydrogen (secondary N) is 2. The summed E-state index contributed by atoms with van der Waals surface area (Å²) in [6, 6.07) is 7.60. The largest absolute Gasteiger partial charge is 0.496 e. The molecule has 0 unspecified atom stereocenters. The second-order valence-corrected chi connectivity index (χ2v) is 7.24. The molecule has 0 aliphatic heterocycles. The fourth-order valence-electron chi connectivity index (χ4n) is 2.89. The summed E-state index contributed by atoms with van der Waals surface area (Å²) in [6.45, 7) is 6.47. The highest BCUT2D eigenvalue weighted by Gasteiger charge is 2.42. The van der Waals surface area contributed by atoms with E-state index in [2.05, 4.69) is 24.5 Å². The van der Waals surface area contributed by atoms with E-state index in [1.54, 1.807) is 7.11 Å². The van der Waals surface area contributed by atoms with Gasteiger partial charge >= 0.3 is 6.03 Å². The lowest BCUT2D eigenvalue weighted by Crippen LogP contribution is -2.55. The van der Waals surface area contributed by atoms with Gasteiger partial charge in [0, 0.05) is 17.5 Å². The van der Waals surface area contributed by atoms with Gasteiger partial charge in [0.15, 0.2) is 0 Å². The first-order valence-electron chi connectivity index (χ1n) is 8.13. The highest BCUT2D eigenvalue weighted by atomic mass is 16.5. The molecule has 1 aromatic carbocycles. The summed E-state index contributed by atoms with van der Waals surface area (Å²) in [5.41, 5.74) is 0.257. The second kappa shape index (κ2) is 6.79. The molecule has 0 saturated heterocycles. The summed E-state index contributed by atoms with van der Waals surface area (Å²) in [7, 11) is 1.65. The molecule has 23 heavy (non-hydrogen) atoms. The van der Waals surface area contributed by atoms with Gasteiger partial charge in [0.25, 0.3) is 0 Å². The zero-order chi connectivity index (χ0) is 17.1. The molecule has 1 aliphatic carbocycles. The number of carbonyl (C=O) groups is 1. The number of rotatable bonds is 7. The van der Waals surface area contributed by atoms with Gasteiger partial charge in [0.1, 0.15) is 5.75 Å². The third kappa shape index (κ3) is 4.16. The van der Waals surface area contributed by atoms with E-state index in [-0.39, 0.29) is 18.1 Å². The van der Waals surface area contributed by atoms with Crippen LogP contribution in [-0.4, -0.2) is 36.9 Å². The molecule has 0 aromatic heterocycles. The molecule has 1 aromatic rings. The van der Waals surface area contributed by atoms with Gasteiger partial charge in [-0.1, -0.05) is 32.0 Å². The van der Waals surface area contributed by atoms with E-state index in [0.29, 0.717) is 12.5 Å². The molecule has 0 bridgehead atoms. The minimum atomic E-state index is -0.529. The van der Waals surface area contributed by atoms with Gasteiger partial charge < -0.3 is 20.5 Å². The highest BCUT2D eigenvalue weighted by molar-refractivity contribution is 5.75. The Hall–Kier alpha value is -1.75. The number of methoxy groups -OCH3 is 1. The van der Waals surface area contributed by atoms with Crippen LogP contribution < -0.4 is 15.4 Å². The average Bonchev–Trinajstić information content (AvgIpc) is 3.38. The fraction of sp³-hybridized carbons (Fsp3) is 0.611. The summed E-state index contributed by atoms with van der Waals surface area (Å²) in [6.07, 6.45) is 2.12. The Morgan fingerprint density at radius 1 is 1.30 bits per heavy atom. The number of hydrogen-bond donors (Lipinski definition) is 3. The first-order valence-corrected chi connectivity index (χ1v) is 8.13. The van der Waals surface area contributed by atoms with E-state index in [9.17, 15) is 9.90 Å². The van der Waals surface area contributed by atoms with E-state index < -0.39 is 5.54 Å². The van der Waals surface area contributed by atoms with E-state index >= 15 is 0 Å². The van der Waals surface area contributed by atoms with Crippen LogP contribution in [0.2, 0.25) is 0 Å². The van der Waals surface area contributed by atoms with Gasteiger partial charge in [-0.3, -0.25) is 0 Å². The second-order valence-electron chi connectivity index (χ2n) is 7.24. The van der Waals surface area contributed by atoms with Crippen LogP contribution in [0.25, 0.3) is 0 Å². The van der Waals surface area contributed by atoms with Crippen molar-refractivity contribution in [3.8, 4) is 5.75 Å². The minimum Gasteiger partial charge on any atom is -0.496 e. The van der Waals surface area contributed by atoms with Crippen molar-refractivity contribution < 1.29 is 14.6 Å². The van der Waals surface area contributed by atoms with Gasteiger partial charge in [-0.25, -0.2) is 4.79 Å². The molecule has 1 saturated carbocycles. The van der Waals surface area contributed by atoms with E-state index in [1.807, 2.05) is 31.2 Å².